The molecule has 3 saturated heterocycles. The number of carboxylic acid groups (broad SMARTS) is 1. The summed E-state index contributed by atoms with van der Waals surface area (Å²) in [5, 5.41) is 20.6. The maximum absolute atomic E-state index is 17.1. The number of amides is 1. The molecule has 256 valence electrons. The van der Waals surface area contributed by atoms with Gasteiger partial charge in [-0.3, -0.25) is 4.90 Å². The first-order chi connectivity index (χ1) is 23.7. The zero-order valence-electron chi connectivity index (χ0n) is 26.9. The van der Waals surface area contributed by atoms with E-state index in [2.05, 4.69) is 16.0 Å². The lowest BCUT2D eigenvalue weighted by Crippen LogP contribution is -2.55. The van der Waals surface area contributed by atoms with Gasteiger partial charge in [-0.1, -0.05) is 23.7 Å². The van der Waals surface area contributed by atoms with Gasteiger partial charge in [-0.25, -0.2) is 13.6 Å². The van der Waals surface area contributed by atoms with Crippen molar-refractivity contribution in [3.8, 4) is 29.0 Å². The van der Waals surface area contributed by atoms with E-state index in [0.29, 0.717) is 28.2 Å². The minimum atomic E-state index is -1.14. The van der Waals surface area contributed by atoms with Crippen LogP contribution in [0.25, 0.3) is 32.8 Å². The highest BCUT2D eigenvalue weighted by Gasteiger charge is 2.45. The smallest absolute Gasteiger partial charge is 0.407 e. The van der Waals surface area contributed by atoms with Crippen molar-refractivity contribution < 1.29 is 32.9 Å². The van der Waals surface area contributed by atoms with Crippen LogP contribution in [0.4, 0.5) is 19.4 Å². The second-order valence-corrected chi connectivity index (χ2v) is 13.2. The molecule has 1 atom stereocenters. The van der Waals surface area contributed by atoms with Gasteiger partial charge < -0.3 is 29.1 Å². The lowest BCUT2D eigenvalue weighted by molar-refractivity contribution is 0.0512. The van der Waals surface area contributed by atoms with Gasteiger partial charge in [0.25, 0.3) is 0 Å². The number of aromatic nitrogens is 2. The quantitative estimate of drug-likeness (QED) is 0.196. The van der Waals surface area contributed by atoms with E-state index in [9.17, 15) is 15.2 Å². The third kappa shape index (κ3) is 6.02. The summed E-state index contributed by atoms with van der Waals surface area (Å²) in [4.78, 5) is 26.6. The number of carbonyl (C=O) groups is 1. The van der Waals surface area contributed by atoms with Gasteiger partial charge in [0.2, 0.25) is 0 Å². The molecule has 1 amide bonds. The molecule has 3 fully saturated rings. The topological polar surface area (TPSA) is 124 Å². The Kier molecular flexibility index (Phi) is 9.04. The summed E-state index contributed by atoms with van der Waals surface area (Å²) in [6.45, 7) is 2.56. The molecule has 3 aromatic carbocycles. The Hall–Kier alpha value is -4.51. The number of benzene rings is 3. The Bertz CT molecular complexity index is 1970. The van der Waals surface area contributed by atoms with E-state index in [1.165, 1.54) is 24.1 Å². The molecule has 4 aromatic rings. The summed E-state index contributed by atoms with van der Waals surface area (Å²) in [6, 6.07) is 10.9. The van der Waals surface area contributed by atoms with Crippen LogP contribution in [0.3, 0.4) is 0 Å². The number of rotatable bonds is 9. The number of fused-ring (bicyclic) bond motifs is 3. The van der Waals surface area contributed by atoms with E-state index in [0.717, 1.165) is 38.8 Å². The Balaban J connectivity index is 1.38. The Morgan fingerprint density at radius 1 is 1.12 bits per heavy atom. The van der Waals surface area contributed by atoms with E-state index in [1.54, 1.807) is 29.2 Å². The predicted molar refractivity (Wildman–Crippen MR) is 179 cm³/mol. The average molecular weight is 693 g/mol. The van der Waals surface area contributed by atoms with Gasteiger partial charge in [0.05, 0.1) is 29.6 Å². The number of hydrogen-bond donors (Lipinski definition) is 1. The van der Waals surface area contributed by atoms with Crippen LogP contribution in [-0.2, 0) is 4.74 Å². The SMILES string of the molecule is COCOc1cc(-c2c(F)cc3c(N4CCN(C(=O)O)C(CC#N)C4)nc(OCC45CCCN4CCC5)nc3c2F)c2c(Cl)cccc2c1. The largest absolute Gasteiger partial charge is 0.468 e. The molecule has 0 spiro atoms. The molecule has 0 aliphatic carbocycles. The van der Waals surface area contributed by atoms with E-state index >= 15 is 8.78 Å². The van der Waals surface area contributed by atoms with Crippen molar-refractivity contribution in [2.24, 2.45) is 0 Å². The molecule has 3 aliphatic heterocycles. The molecular formula is C35H35ClF2N6O5. The summed E-state index contributed by atoms with van der Waals surface area (Å²) in [7, 11) is 1.47. The van der Waals surface area contributed by atoms with Crippen LogP contribution in [0, 0.1) is 23.0 Å². The van der Waals surface area contributed by atoms with Crippen molar-refractivity contribution in [3.05, 3.63) is 53.1 Å². The second-order valence-electron chi connectivity index (χ2n) is 12.8. The normalized spacial score (nSPS) is 19.0. The summed E-state index contributed by atoms with van der Waals surface area (Å²) in [6.07, 6.45) is 2.86. The van der Waals surface area contributed by atoms with Crippen LogP contribution in [-0.4, -0.2) is 95.8 Å². The highest BCUT2D eigenvalue weighted by Crippen LogP contribution is 2.43. The number of ether oxygens (including phenoxy) is 3. The van der Waals surface area contributed by atoms with Crippen molar-refractivity contribution >= 4 is 45.2 Å². The minimum Gasteiger partial charge on any atom is -0.468 e. The summed E-state index contributed by atoms with van der Waals surface area (Å²) < 4.78 is 50.5. The Morgan fingerprint density at radius 2 is 1.92 bits per heavy atom. The summed E-state index contributed by atoms with van der Waals surface area (Å²) in [5.74, 6) is -1.29. The molecule has 0 radical (unpaired) electrons. The predicted octanol–water partition coefficient (Wildman–Crippen LogP) is 6.45. The molecule has 0 bridgehead atoms. The summed E-state index contributed by atoms with van der Waals surface area (Å²) >= 11 is 6.63. The van der Waals surface area contributed by atoms with Gasteiger partial charge in [0, 0.05) is 48.1 Å². The molecule has 7 rings (SSSR count). The number of piperazine rings is 1. The molecule has 49 heavy (non-hydrogen) atoms. The first kappa shape index (κ1) is 33.0. The monoisotopic (exact) mass is 692 g/mol. The first-order valence-electron chi connectivity index (χ1n) is 16.3. The molecule has 4 heterocycles. The van der Waals surface area contributed by atoms with Gasteiger partial charge in [0.15, 0.2) is 12.6 Å². The third-order valence-corrected chi connectivity index (χ3v) is 10.3. The Labute approximate surface area is 286 Å². The maximum atomic E-state index is 17.1. The van der Waals surface area contributed by atoms with E-state index in [-0.39, 0.29) is 72.2 Å². The zero-order chi connectivity index (χ0) is 34.3. The van der Waals surface area contributed by atoms with Crippen LogP contribution >= 0.6 is 11.6 Å². The number of nitriles is 1. The van der Waals surface area contributed by atoms with E-state index in [4.69, 9.17) is 30.8 Å². The summed E-state index contributed by atoms with van der Waals surface area (Å²) in [5.41, 5.74) is -0.485. The van der Waals surface area contributed by atoms with Crippen molar-refractivity contribution in [1.82, 2.24) is 19.8 Å². The van der Waals surface area contributed by atoms with Crippen molar-refractivity contribution in [3.63, 3.8) is 0 Å². The lowest BCUT2D eigenvalue weighted by atomic mass is 9.95. The van der Waals surface area contributed by atoms with E-state index in [1.807, 2.05) is 0 Å². The van der Waals surface area contributed by atoms with Crippen molar-refractivity contribution in [2.45, 2.75) is 43.7 Å². The first-order valence-corrected chi connectivity index (χ1v) is 16.6. The van der Waals surface area contributed by atoms with Crippen LogP contribution in [0.2, 0.25) is 5.02 Å². The van der Waals surface area contributed by atoms with Gasteiger partial charge in [-0.15, -0.1) is 0 Å². The number of anilines is 1. The van der Waals surface area contributed by atoms with Gasteiger partial charge in [-0.05, 0) is 68.4 Å². The van der Waals surface area contributed by atoms with Gasteiger partial charge >= 0.3 is 12.1 Å². The third-order valence-electron chi connectivity index (χ3n) is 9.99. The minimum absolute atomic E-state index is 0.0598. The molecule has 1 N–H and O–H groups in total. The molecule has 11 nitrogen and oxygen atoms in total. The molecule has 3 aliphatic rings. The maximum Gasteiger partial charge on any atom is 0.407 e. The number of hydrogen-bond acceptors (Lipinski definition) is 9. The fraction of sp³-hybridized carbons (Fsp3) is 0.429. The number of nitrogens with zero attached hydrogens (tertiary/aromatic N) is 6. The highest BCUT2D eigenvalue weighted by molar-refractivity contribution is 6.36. The Morgan fingerprint density at radius 3 is 2.65 bits per heavy atom. The van der Waals surface area contributed by atoms with Crippen molar-refractivity contribution in [2.75, 3.05) is 58.1 Å². The molecule has 1 unspecified atom stereocenters. The fourth-order valence-electron chi connectivity index (χ4n) is 7.71. The van der Waals surface area contributed by atoms with Gasteiger partial charge in [-0.2, -0.15) is 15.2 Å². The van der Waals surface area contributed by atoms with Crippen LogP contribution in [0.5, 0.6) is 11.8 Å². The number of methoxy groups -OCH3 is 1. The standard InChI is InChI=1S/C35H35ClF2N6O5/c1-47-20-49-23-15-21-5-2-6-26(36)28(21)24(16-23)29-27(37)17-25-31(30(29)38)40-33(48-19-35-8-3-11-43(35)12-4-9-35)41-32(25)42-13-14-44(34(45)46)22(18-42)7-10-39/h2,5-6,15-17,22H,3-4,7-9,11-14,18-20H2,1H3,(H,45,46). The van der Waals surface area contributed by atoms with E-state index < -0.39 is 23.8 Å². The van der Waals surface area contributed by atoms with Crippen LogP contribution < -0.4 is 14.4 Å². The average Bonchev–Trinajstić information content (AvgIpc) is 3.67. The molecular weight excluding hydrogens is 658 g/mol. The molecule has 0 saturated carbocycles. The highest BCUT2D eigenvalue weighted by atomic mass is 35.5. The van der Waals surface area contributed by atoms with Crippen molar-refractivity contribution in [1.29, 1.82) is 5.26 Å². The lowest BCUT2D eigenvalue weighted by Gasteiger charge is -2.40. The molecule has 14 heteroatoms. The number of halogens is 3. The van der Waals surface area contributed by atoms with Gasteiger partial charge in [0.1, 0.15) is 29.5 Å². The zero-order valence-corrected chi connectivity index (χ0v) is 27.7. The second kappa shape index (κ2) is 13.4. The fourth-order valence-corrected chi connectivity index (χ4v) is 8.00. The van der Waals surface area contributed by atoms with Crippen LogP contribution in [0.15, 0.2) is 36.4 Å². The molecule has 1 aromatic heterocycles. The van der Waals surface area contributed by atoms with Crippen LogP contribution in [0.1, 0.15) is 32.1 Å².